The van der Waals surface area contributed by atoms with E-state index in [1.807, 2.05) is 0 Å². The molecule has 7 heteroatoms. The fourth-order valence-corrected chi connectivity index (χ4v) is 3.69. The van der Waals surface area contributed by atoms with Gasteiger partial charge >= 0.3 is 0 Å². The number of hydrogen-bond donors (Lipinski definition) is 2. The van der Waals surface area contributed by atoms with Crippen molar-refractivity contribution >= 4 is 15.9 Å². The Morgan fingerprint density at radius 3 is 2.58 bits per heavy atom. The SMILES string of the molecule is N=C(N)[C@@H]1CCCN(S(=O)(=O)c2ccc(F)cc2)C1. The molecule has 0 radical (unpaired) electrons. The molecular formula is C12H16FN3O2S. The first kappa shape index (κ1) is 14.0. The number of rotatable bonds is 3. The van der Waals surface area contributed by atoms with Crippen LogP contribution in [0.15, 0.2) is 29.2 Å². The lowest BCUT2D eigenvalue weighted by Gasteiger charge is -2.31. The van der Waals surface area contributed by atoms with Gasteiger partial charge in [0.2, 0.25) is 10.0 Å². The Morgan fingerprint density at radius 2 is 2.00 bits per heavy atom. The van der Waals surface area contributed by atoms with Gasteiger partial charge in [0, 0.05) is 19.0 Å². The van der Waals surface area contributed by atoms with Crippen LogP contribution in [0.4, 0.5) is 4.39 Å². The molecule has 5 nitrogen and oxygen atoms in total. The third-order valence-corrected chi connectivity index (χ3v) is 5.15. The maximum Gasteiger partial charge on any atom is 0.243 e. The number of nitrogens with zero attached hydrogens (tertiary/aromatic N) is 1. The van der Waals surface area contributed by atoms with Crippen molar-refractivity contribution in [3.05, 3.63) is 30.1 Å². The zero-order valence-corrected chi connectivity index (χ0v) is 11.2. The van der Waals surface area contributed by atoms with Crippen LogP contribution in [0.2, 0.25) is 0 Å². The molecule has 0 saturated carbocycles. The van der Waals surface area contributed by atoms with Gasteiger partial charge < -0.3 is 5.73 Å². The van der Waals surface area contributed by atoms with E-state index in [-0.39, 0.29) is 23.2 Å². The van der Waals surface area contributed by atoms with Gasteiger partial charge in [-0.2, -0.15) is 4.31 Å². The quantitative estimate of drug-likeness (QED) is 0.645. The van der Waals surface area contributed by atoms with Crippen LogP contribution in [-0.2, 0) is 10.0 Å². The fraction of sp³-hybridized carbons (Fsp3) is 0.417. The first-order valence-electron chi connectivity index (χ1n) is 6.01. The van der Waals surface area contributed by atoms with Gasteiger partial charge in [-0.1, -0.05) is 0 Å². The van der Waals surface area contributed by atoms with Crippen molar-refractivity contribution in [1.82, 2.24) is 4.31 Å². The molecule has 0 amide bonds. The summed E-state index contributed by atoms with van der Waals surface area (Å²) in [6.45, 7) is 0.624. The molecule has 0 aromatic heterocycles. The molecule has 1 heterocycles. The lowest BCUT2D eigenvalue weighted by atomic mass is 9.99. The van der Waals surface area contributed by atoms with E-state index in [4.69, 9.17) is 11.1 Å². The van der Waals surface area contributed by atoms with Crippen molar-refractivity contribution in [1.29, 1.82) is 5.41 Å². The first-order valence-corrected chi connectivity index (χ1v) is 7.45. The van der Waals surface area contributed by atoms with Crippen molar-refractivity contribution in [2.75, 3.05) is 13.1 Å². The maximum atomic E-state index is 12.8. The van der Waals surface area contributed by atoms with Crippen LogP contribution in [0, 0.1) is 17.1 Å². The molecule has 2 rings (SSSR count). The summed E-state index contributed by atoms with van der Waals surface area (Å²) < 4.78 is 38.9. The minimum absolute atomic E-state index is 0.0130. The highest BCUT2D eigenvalue weighted by Gasteiger charge is 2.31. The van der Waals surface area contributed by atoms with E-state index >= 15 is 0 Å². The van der Waals surface area contributed by atoms with Crippen molar-refractivity contribution < 1.29 is 12.8 Å². The highest BCUT2D eigenvalue weighted by atomic mass is 32.2. The molecule has 0 aliphatic carbocycles. The summed E-state index contributed by atoms with van der Waals surface area (Å²) in [5, 5.41) is 7.42. The van der Waals surface area contributed by atoms with E-state index in [0.29, 0.717) is 13.0 Å². The topological polar surface area (TPSA) is 87.2 Å². The molecule has 104 valence electrons. The summed E-state index contributed by atoms with van der Waals surface area (Å²) >= 11 is 0. The van der Waals surface area contributed by atoms with Crippen molar-refractivity contribution in [3.63, 3.8) is 0 Å². The van der Waals surface area contributed by atoms with Crippen molar-refractivity contribution in [2.24, 2.45) is 11.7 Å². The number of nitrogens with one attached hydrogen (secondary N) is 1. The Balaban J connectivity index is 2.24. The third kappa shape index (κ3) is 2.93. The zero-order chi connectivity index (χ0) is 14.0. The Bertz CT molecular complexity index is 571. The third-order valence-electron chi connectivity index (χ3n) is 3.28. The molecule has 19 heavy (non-hydrogen) atoms. The average molecular weight is 285 g/mol. The summed E-state index contributed by atoms with van der Waals surface area (Å²) in [7, 11) is -3.63. The van der Waals surface area contributed by atoms with Crippen molar-refractivity contribution in [3.8, 4) is 0 Å². The predicted molar refractivity (Wildman–Crippen MR) is 69.8 cm³/mol. The van der Waals surface area contributed by atoms with E-state index in [2.05, 4.69) is 0 Å². The molecule has 1 atom stereocenters. The molecule has 1 saturated heterocycles. The van der Waals surface area contributed by atoms with Gasteiger partial charge in [-0.3, -0.25) is 5.41 Å². The highest BCUT2D eigenvalue weighted by molar-refractivity contribution is 7.89. The molecular weight excluding hydrogens is 269 g/mol. The number of nitrogens with two attached hydrogens (primary N) is 1. The summed E-state index contributed by atoms with van der Waals surface area (Å²) in [5.41, 5.74) is 5.44. The van der Waals surface area contributed by atoms with E-state index in [9.17, 15) is 12.8 Å². The monoisotopic (exact) mass is 285 g/mol. The van der Waals surface area contributed by atoms with Crippen LogP contribution in [0.5, 0.6) is 0 Å². The number of piperidine rings is 1. The smallest absolute Gasteiger partial charge is 0.243 e. The molecule has 1 aliphatic heterocycles. The number of benzene rings is 1. The van der Waals surface area contributed by atoms with Crippen LogP contribution < -0.4 is 5.73 Å². The second-order valence-corrected chi connectivity index (χ2v) is 6.55. The van der Waals surface area contributed by atoms with Crippen LogP contribution in [0.1, 0.15) is 12.8 Å². The van der Waals surface area contributed by atoms with E-state index < -0.39 is 15.8 Å². The molecule has 1 aliphatic rings. The molecule has 0 bridgehead atoms. The zero-order valence-electron chi connectivity index (χ0n) is 10.3. The summed E-state index contributed by atoms with van der Waals surface area (Å²) in [5.74, 6) is -0.692. The lowest BCUT2D eigenvalue weighted by molar-refractivity contribution is 0.310. The molecule has 1 aromatic rings. The Labute approximate surface area is 111 Å². The number of halogens is 1. The molecule has 0 unspecified atom stereocenters. The molecule has 1 fully saturated rings. The van der Waals surface area contributed by atoms with Crippen LogP contribution in [0.3, 0.4) is 0 Å². The maximum absolute atomic E-state index is 12.8. The Morgan fingerprint density at radius 1 is 1.37 bits per heavy atom. The second-order valence-electron chi connectivity index (χ2n) is 4.61. The number of hydrogen-bond acceptors (Lipinski definition) is 3. The van der Waals surface area contributed by atoms with E-state index in [0.717, 1.165) is 18.6 Å². The molecule has 3 N–H and O–H groups in total. The minimum Gasteiger partial charge on any atom is -0.387 e. The summed E-state index contributed by atoms with van der Waals surface area (Å²) in [6.07, 6.45) is 1.40. The standard InChI is InChI=1S/C12H16FN3O2S/c13-10-3-5-11(6-4-10)19(17,18)16-7-1-2-9(8-16)12(14)15/h3-6,9H,1-2,7-8H2,(H3,14,15)/t9-/m1/s1. The van der Waals surface area contributed by atoms with Gasteiger partial charge in [-0.25, -0.2) is 12.8 Å². The largest absolute Gasteiger partial charge is 0.387 e. The fourth-order valence-electron chi connectivity index (χ4n) is 2.17. The average Bonchev–Trinajstić information content (AvgIpc) is 2.39. The highest BCUT2D eigenvalue weighted by Crippen LogP contribution is 2.23. The first-order chi connectivity index (χ1) is 8.91. The van der Waals surface area contributed by atoms with Crippen LogP contribution >= 0.6 is 0 Å². The minimum atomic E-state index is -3.63. The predicted octanol–water partition coefficient (Wildman–Crippen LogP) is 1.16. The van der Waals surface area contributed by atoms with Gasteiger partial charge in [0.05, 0.1) is 10.7 Å². The lowest BCUT2D eigenvalue weighted by Crippen LogP contribution is -2.43. The van der Waals surface area contributed by atoms with Gasteiger partial charge in [-0.15, -0.1) is 0 Å². The normalized spacial score (nSPS) is 21.2. The number of amidine groups is 1. The van der Waals surface area contributed by atoms with E-state index in [1.165, 1.54) is 16.4 Å². The summed E-state index contributed by atoms with van der Waals surface area (Å²) in [6, 6.07) is 4.75. The molecule has 0 spiro atoms. The second kappa shape index (κ2) is 5.26. The van der Waals surface area contributed by atoms with Gasteiger partial charge in [0.1, 0.15) is 5.82 Å². The molecule has 1 aromatic carbocycles. The van der Waals surface area contributed by atoms with Gasteiger partial charge in [0.25, 0.3) is 0 Å². The number of sulfonamides is 1. The Kier molecular flexibility index (Phi) is 3.86. The summed E-state index contributed by atoms with van der Waals surface area (Å²) in [4.78, 5) is 0.0677. The van der Waals surface area contributed by atoms with Crippen LogP contribution in [0.25, 0.3) is 0 Å². The van der Waals surface area contributed by atoms with Crippen molar-refractivity contribution in [2.45, 2.75) is 17.7 Å². The van der Waals surface area contributed by atoms with Gasteiger partial charge in [0.15, 0.2) is 0 Å². The van der Waals surface area contributed by atoms with E-state index in [1.54, 1.807) is 0 Å². The van der Waals surface area contributed by atoms with Gasteiger partial charge in [-0.05, 0) is 37.1 Å². The van der Waals surface area contributed by atoms with Crippen LogP contribution in [-0.4, -0.2) is 31.6 Å². The Hall–Kier alpha value is -1.47.